The highest BCUT2D eigenvalue weighted by Gasteiger charge is 2.12. The lowest BCUT2D eigenvalue weighted by atomic mass is 10.1. The number of nitrogens with one attached hydrogen (secondary N) is 2. The lowest BCUT2D eigenvalue weighted by Gasteiger charge is -2.01. The molecule has 0 bridgehead atoms. The Labute approximate surface area is 137 Å². The number of carbonyl (C=O) groups is 1. The third-order valence-corrected chi connectivity index (χ3v) is 3.42. The Balaban J connectivity index is 1.61. The highest BCUT2D eigenvalue weighted by Crippen LogP contribution is 2.06. The van der Waals surface area contributed by atoms with Crippen molar-refractivity contribution in [2.24, 2.45) is 0 Å². The zero-order valence-electron chi connectivity index (χ0n) is 13.1. The molecule has 2 N–H and O–H groups in total. The third-order valence-electron chi connectivity index (χ3n) is 3.42. The normalized spacial score (nSPS) is 10.5. The van der Waals surface area contributed by atoms with E-state index in [0.29, 0.717) is 17.9 Å². The predicted molar refractivity (Wildman–Crippen MR) is 86.5 cm³/mol. The fraction of sp³-hybridized carbons (Fsp3) is 0.176. The van der Waals surface area contributed by atoms with Crippen molar-refractivity contribution in [3.05, 3.63) is 81.4 Å². The Morgan fingerprint density at radius 3 is 2.75 bits per heavy atom. The van der Waals surface area contributed by atoms with Crippen LogP contribution < -0.4 is 10.9 Å². The molecule has 7 nitrogen and oxygen atoms in total. The Morgan fingerprint density at radius 1 is 1.21 bits per heavy atom. The number of amides is 1. The summed E-state index contributed by atoms with van der Waals surface area (Å²) in [4.78, 5) is 30.6. The maximum atomic E-state index is 12.0. The van der Waals surface area contributed by atoms with E-state index in [4.69, 9.17) is 4.52 Å². The van der Waals surface area contributed by atoms with Crippen molar-refractivity contribution in [3.63, 3.8) is 0 Å². The molecule has 2 aromatic heterocycles. The van der Waals surface area contributed by atoms with Gasteiger partial charge in [-0.1, -0.05) is 35.5 Å². The summed E-state index contributed by atoms with van der Waals surface area (Å²) in [6.07, 6.45) is 0.552. The van der Waals surface area contributed by atoms with Gasteiger partial charge in [-0.2, -0.15) is 4.98 Å². The molecule has 3 aromatic rings. The predicted octanol–water partition coefficient (Wildman–Crippen LogP) is 1.59. The van der Waals surface area contributed by atoms with Crippen molar-refractivity contribution in [3.8, 4) is 0 Å². The zero-order chi connectivity index (χ0) is 16.9. The van der Waals surface area contributed by atoms with Gasteiger partial charge in [0.25, 0.3) is 11.5 Å². The molecule has 1 amide bonds. The molecule has 0 spiro atoms. The monoisotopic (exact) mass is 324 g/mol. The highest BCUT2D eigenvalue weighted by molar-refractivity contribution is 5.93. The van der Waals surface area contributed by atoms with Gasteiger partial charge in [-0.25, -0.2) is 0 Å². The van der Waals surface area contributed by atoms with Crippen LogP contribution >= 0.6 is 0 Å². The van der Waals surface area contributed by atoms with E-state index in [1.165, 1.54) is 6.07 Å². The van der Waals surface area contributed by atoms with Crippen LogP contribution in [-0.2, 0) is 13.0 Å². The van der Waals surface area contributed by atoms with E-state index < -0.39 is 11.5 Å². The SMILES string of the molecule is Cc1ccc(C(=O)NCc2nc(Cc3ccccc3)no2)c(=O)[nH]1. The molecule has 0 fully saturated rings. The second-order valence-electron chi connectivity index (χ2n) is 5.33. The van der Waals surface area contributed by atoms with Crippen molar-refractivity contribution in [2.75, 3.05) is 0 Å². The molecule has 1 aromatic carbocycles. The van der Waals surface area contributed by atoms with Crippen LogP contribution in [0.2, 0.25) is 0 Å². The Morgan fingerprint density at radius 2 is 2.00 bits per heavy atom. The van der Waals surface area contributed by atoms with Crippen LogP contribution in [0.4, 0.5) is 0 Å². The summed E-state index contributed by atoms with van der Waals surface area (Å²) in [5, 5.41) is 6.48. The van der Waals surface area contributed by atoms with Gasteiger partial charge in [0, 0.05) is 12.1 Å². The minimum atomic E-state index is -0.487. The number of aromatic amines is 1. The fourth-order valence-corrected chi connectivity index (χ4v) is 2.21. The molecule has 0 unspecified atom stereocenters. The molecule has 122 valence electrons. The van der Waals surface area contributed by atoms with Crippen molar-refractivity contribution in [2.45, 2.75) is 19.9 Å². The second-order valence-corrected chi connectivity index (χ2v) is 5.33. The number of benzene rings is 1. The number of hydrogen-bond acceptors (Lipinski definition) is 5. The lowest BCUT2D eigenvalue weighted by Crippen LogP contribution is -2.29. The summed E-state index contributed by atoms with van der Waals surface area (Å²) in [5.41, 5.74) is 1.38. The van der Waals surface area contributed by atoms with Crippen molar-refractivity contribution in [1.82, 2.24) is 20.4 Å². The van der Waals surface area contributed by atoms with E-state index >= 15 is 0 Å². The minimum Gasteiger partial charge on any atom is -0.343 e. The van der Waals surface area contributed by atoms with Crippen molar-refractivity contribution < 1.29 is 9.32 Å². The van der Waals surface area contributed by atoms with Crippen LogP contribution in [0.15, 0.2) is 51.8 Å². The summed E-state index contributed by atoms with van der Waals surface area (Å²) in [6.45, 7) is 1.81. The van der Waals surface area contributed by atoms with Crippen LogP contribution in [0.5, 0.6) is 0 Å². The molecule has 0 saturated carbocycles. The molecule has 0 aliphatic heterocycles. The maximum Gasteiger partial charge on any atom is 0.260 e. The fourth-order valence-electron chi connectivity index (χ4n) is 2.21. The summed E-state index contributed by atoms with van der Waals surface area (Å²) >= 11 is 0. The van der Waals surface area contributed by atoms with Gasteiger partial charge in [-0.3, -0.25) is 9.59 Å². The quantitative estimate of drug-likeness (QED) is 0.742. The van der Waals surface area contributed by atoms with Crippen LogP contribution in [0.3, 0.4) is 0 Å². The third kappa shape index (κ3) is 3.75. The van der Waals surface area contributed by atoms with E-state index in [9.17, 15) is 9.59 Å². The maximum absolute atomic E-state index is 12.0. The molecule has 24 heavy (non-hydrogen) atoms. The Bertz CT molecular complexity index is 899. The van der Waals surface area contributed by atoms with Gasteiger partial charge in [-0.15, -0.1) is 0 Å². The molecular formula is C17H16N4O3. The number of aryl methyl sites for hydroxylation is 1. The Kier molecular flexibility index (Phi) is 4.51. The first-order chi connectivity index (χ1) is 11.6. The molecule has 0 atom stereocenters. The Hall–Kier alpha value is -3.22. The molecule has 0 aliphatic rings. The van der Waals surface area contributed by atoms with Crippen molar-refractivity contribution in [1.29, 1.82) is 0 Å². The van der Waals surface area contributed by atoms with Crippen LogP contribution in [0.1, 0.15) is 33.3 Å². The van der Waals surface area contributed by atoms with E-state index in [-0.39, 0.29) is 18.0 Å². The number of aromatic nitrogens is 3. The van der Waals surface area contributed by atoms with Crippen LogP contribution in [0.25, 0.3) is 0 Å². The van der Waals surface area contributed by atoms with Gasteiger partial charge < -0.3 is 14.8 Å². The van der Waals surface area contributed by atoms with Crippen molar-refractivity contribution >= 4 is 5.91 Å². The first-order valence-electron chi connectivity index (χ1n) is 7.45. The smallest absolute Gasteiger partial charge is 0.260 e. The van der Waals surface area contributed by atoms with Gasteiger partial charge >= 0.3 is 0 Å². The molecule has 2 heterocycles. The van der Waals surface area contributed by atoms with Crippen LogP contribution in [0, 0.1) is 6.92 Å². The number of rotatable bonds is 5. The molecule has 7 heteroatoms. The first-order valence-corrected chi connectivity index (χ1v) is 7.45. The molecular weight excluding hydrogens is 308 g/mol. The van der Waals surface area contributed by atoms with E-state index in [2.05, 4.69) is 20.4 Å². The van der Waals surface area contributed by atoms with Crippen LogP contribution in [-0.4, -0.2) is 21.0 Å². The van der Waals surface area contributed by atoms with E-state index in [1.54, 1.807) is 13.0 Å². The summed E-state index contributed by atoms with van der Waals surface area (Å²) in [6, 6.07) is 12.9. The van der Waals surface area contributed by atoms with Gasteiger partial charge in [-0.05, 0) is 24.6 Å². The number of H-pyrrole nitrogens is 1. The minimum absolute atomic E-state index is 0.0459. The number of carbonyl (C=O) groups excluding carboxylic acids is 1. The number of nitrogens with zero attached hydrogens (tertiary/aromatic N) is 2. The second kappa shape index (κ2) is 6.91. The first kappa shape index (κ1) is 15.7. The summed E-state index contributed by atoms with van der Waals surface area (Å²) in [5.74, 6) is 0.343. The average molecular weight is 324 g/mol. The number of hydrogen-bond donors (Lipinski definition) is 2. The van der Waals surface area contributed by atoms with E-state index in [0.717, 1.165) is 5.56 Å². The van der Waals surface area contributed by atoms with Gasteiger partial charge in [0.2, 0.25) is 5.89 Å². The summed E-state index contributed by atoms with van der Waals surface area (Å²) in [7, 11) is 0. The van der Waals surface area contributed by atoms with Gasteiger partial charge in [0.15, 0.2) is 5.82 Å². The standard InChI is InChI=1S/C17H16N4O3/c1-11-7-8-13(17(23)19-11)16(22)18-10-15-20-14(21-24-15)9-12-5-3-2-4-6-12/h2-8H,9-10H2,1H3,(H,18,22)(H,19,23). The molecule has 3 rings (SSSR count). The van der Waals surface area contributed by atoms with E-state index in [1.807, 2.05) is 30.3 Å². The zero-order valence-corrected chi connectivity index (χ0v) is 13.1. The molecule has 0 saturated heterocycles. The topological polar surface area (TPSA) is 101 Å². The average Bonchev–Trinajstić information content (AvgIpc) is 3.01. The van der Waals surface area contributed by atoms with Gasteiger partial charge in [0.1, 0.15) is 5.56 Å². The highest BCUT2D eigenvalue weighted by atomic mass is 16.5. The van der Waals surface area contributed by atoms with Gasteiger partial charge in [0.05, 0.1) is 6.54 Å². The molecule has 0 radical (unpaired) electrons. The molecule has 0 aliphatic carbocycles. The lowest BCUT2D eigenvalue weighted by molar-refractivity contribution is 0.0944. The largest absolute Gasteiger partial charge is 0.343 e. The number of pyridine rings is 1. The summed E-state index contributed by atoms with van der Waals surface area (Å²) < 4.78 is 5.11.